The fourth-order valence-corrected chi connectivity index (χ4v) is 11.5. The number of fused-ring (bicyclic) bond motifs is 13. The minimum Gasteiger partial charge on any atom is -0.134 e. The van der Waals surface area contributed by atoms with E-state index < -0.39 is 0 Å². The first-order chi connectivity index (χ1) is 27.6. The summed E-state index contributed by atoms with van der Waals surface area (Å²) in [7, 11) is 0. The molecule has 0 unspecified atom stereocenters. The molecular formula is C55H36S. The van der Waals surface area contributed by atoms with Gasteiger partial charge in [0, 0.05) is 31.2 Å². The Kier molecular flexibility index (Phi) is 6.66. The summed E-state index contributed by atoms with van der Waals surface area (Å²) in [6, 6.07) is 67.9. The predicted octanol–water partition coefficient (Wildman–Crippen LogP) is 16.0. The molecular weight excluding hydrogens is 693 g/mol. The third-order valence-corrected chi connectivity index (χ3v) is 13.8. The first-order valence-corrected chi connectivity index (χ1v) is 20.4. The third-order valence-electron chi connectivity index (χ3n) is 12.6. The maximum atomic E-state index is 2.50. The molecule has 0 fully saturated rings. The Morgan fingerprint density at radius 3 is 1.54 bits per heavy atom. The van der Waals surface area contributed by atoms with Crippen molar-refractivity contribution in [1.29, 1.82) is 0 Å². The van der Waals surface area contributed by atoms with Crippen molar-refractivity contribution in [3.63, 3.8) is 0 Å². The molecule has 0 saturated carbocycles. The predicted molar refractivity (Wildman–Crippen MR) is 243 cm³/mol. The highest BCUT2D eigenvalue weighted by molar-refractivity contribution is 7.26. The van der Waals surface area contributed by atoms with E-state index in [1.807, 2.05) is 11.3 Å². The van der Waals surface area contributed by atoms with E-state index >= 15 is 0 Å². The molecule has 0 radical (unpaired) electrons. The lowest BCUT2D eigenvalue weighted by atomic mass is 9.79. The van der Waals surface area contributed by atoms with Crippen LogP contribution < -0.4 is 0 Å². The average Bonchev–Trinajstić information content (AvgIpc) is 3.75. The van der Waals surface area contributed by atoms with Crippen molar-refractivity contribution in [3.8, 4) is 44.5 Å². The molecule has 0 amide bonds. The summed E-state index contributed by atoms with van der Waals surface area (Å²) < 4.78 is 2.76. The van der Waals surface area contributed by atoms with E-state index in [1.54, 1.807) is 0 Å². The Morgan fingerprint density at radius 1 is 0.357 bits per heavy atom. The molecule has 0 atom stereocenters. The van der Waals surface area contributed by atoms with Gasteiger partial charge in [-0.15, -0.1) is 11.3 Å². The SMILES string of the molecule is CC1(C)c2cc(-c3ccc(-c4c5ccccc5c(-c5ccccc5)c5ccccc45)c4ccccc34)ccc2-c2c1c1ccccc1c1c2sc2ccccc21. The fourth-order valence-electron chi connectivity index (χ4n) is 10.2. The highest BCUT2D eigenvalue weighted by atomic mass is 32.1. The van der Waals surface area contributed by atoms with Crippen LogP contribution in [0, 0.1) is 0 Å². The minimum absolute atomic E-state index is 0.168. The number of rotatable bonds is 3. The molecule has 1 aromatic heterocycles. The fraction of sp³-hybridized carbons (Fsp3) is 0.0545. The van der Waals surface area contributed by atoms with E-state index in [2.05, 4.69) is 196 Å². The van der Waals surface area contributed by atoms with E-state index in [0.29, 0.717) is 0 Å². The normalized spacial score (nSPS) is 13.3. The standard InChI is InChI=1S/C55H36S/c1-55(2)47-32-34(28-29-45(47)52-53(55)44-25-13-12-24-42(44)51-46-26-14-15-27-48(46)56-54(51)52)35-30-31-43(37-19-7-6-18-36(35)37)50-40-22-10-8-20-38(40)49(33-16-4-3-5-17-33)39-21-9-11-23-41(39)50/h3-32H,1-2H3. The topological polar surface area (TPSA) is 0 Å². The van der Waals surface area contributed by atoms with E-state index in [-0.39, 0.29) is 5.41 Å². The van der Waals surface area contributed by atoms with Gasteiger partial charge in [0.2, 0.25) is 0 Å². The van der Waals surface area contributed by atoms with Gasteiger partial charge in [-0.1, -0.05) is 184 Å². The lowest BCUT2D eigenvalue weighted by Crippen LogP contribution is -2.15. The van der Waals surface area contributed by atoms with Crippen LogP contribution in [-0.2, 0) is 5.41 Å². The third kappa shape index (κ3) is 4.29. The zero-order chi connectivity index (χ0) is 37.1. The summed E-state index contributed by atoms with van der Waals surface area (Å²) in [5.41, 5.74) is 13.1. The summed E-state index contributed by atoms with van der Waals surface area (Å²) in [5, 5.41) is 13.1. The van der Waals surface area contributed by atoms with Crippen molar-refractivity contribution in [2.75, 3.05) is 0 Å². The number of benzene rings is 10. The van der Waals surface area contributed by atoms with Crippen LogP contribution in [0.1, 0.15) is 25.0 Å². The first kappa shape index (κ1) is 31.8. The van der Waals surface area contributed by atoms with Gasteiger partial charge < -0.3 is 0 Å². The Bertz CT molecular complexity index is 3380. The van der Waals surface area contributed by atoms with Crippen LogP contribution in [0.2, 0.25) is 0 Å². The maximum absolute atomic E-state index is 2.50. The summed E-state index contributed by atoms with van der Waals surface area (Å²) in [6.45, 7) is 4.87. The van der Waals surface area contributed by atoms with Gasteiger partial charge in [-0.2, -0.15) is 0 Å². The molecule has 262 valence electrons. The highest BCUT2D eigenvalue weighted by Gasteiger charge is 2.39. The molecule has 0 saturated heterocycles. The van der Waals surface area contributed by atoms with Gasteiger partial charge in [-0.3, -0.25) is 0 Å². The van der Waals surface area contributed by atoms with Crippen LogP contribution in [-0.4, -0.2) is 0 Å². The van der Waals surface area contributed by atoms with Gasteiger partial charge in [0.15, 0.2) is 0 Å². The molecule has 1 aliphatic carbocycles. The van der Waals surface area contributed by atoms with Gasteiger partial charge in [0.05, 0.1) is 0 Å². The average molecular weight is 729 g/mol. The monoisotopic (exact) mass is 728 g/mol. The molecule has 0 nitrogen and oxygen atoms in total. The molecule has 0 bridgehead atoms. The van der Waals surface area contributed by atoms with Crippen LogP contribution >= 0.6 is 11.3 Å². The Hall–Kier alpha value is -6.54. The second-order valence-corrected chi connectivity index (χ2v) is 16.9. The molecule has 11 aromatic rings. The van der Waals surface area contributed by atoms with Crippen molar-refractivity contribution in [1.82, 2.24) is 0 Å². The molecule has 12 rings (SSSR count). The van der Waals surface area contributed by atoms with Crippen molar-refractivity contribution in [3.05, 3.63) is 193 Å². The minimum atomic E-state index is -0.168. The summed E-state index contributed by atoms with van der Waals surface area (Å²) in [4.78, 5) is 0. The van der Waals surface area contributed by atoms with E-state index in [4.69, 9.17) is 0 Å². The highest BCUT2D eigenvalue weighted by Crippen LogP contribution is 2.58. The summed E-state index contributed by atoms with van der Waals surface area (Å²) in [6.07, 6.45) is 0. The largest absolute Gasteiger partial charge is 0.134 e. The summed E-state index contributed by atoms with van der Waals surface area (Å²) >= 11 is 1.95. The first-order valence-electron chi connectivity index (χ1n) is 19.6. The van der Waals surface area contributed by atoms with Crippen LogP contribution in [0.4, 0.5) is 0 Å². The number of thiophene rings is 1. The zero-order valence-corrected chi connectivity index (χ0v) is 32.0. The molecule has 1 heteroatoms. The molecule has 56 heavy (non-hydrogen) atoms. The van der Waals surface area contributed by atoms with Gasteiger partial charge in [0.1, 0.15) is 0 Å². The maximum Gasteiger partial charge on any atom is 0.0443 e. The molecule has 10 aromatic carbocycles. The molecule has 0 spiro atoms. The van der Waals surface area contributed by atoms with E-state index in [9.17, 15) is 0 Å². The number of hydrogen-bond donors (Lipinski definition) is 0. The van der Waals surface area contributed by atoms with Crippen LogP contribution in [0.25, 0.3) is 108 Å². The smallest absolute Gasteiger partial charge is 0.0443 e. The lowest BCUT2D eigenvalue weighted by molar-refractivity contribution is 0.667. The molecule has 1 aliphatic rings. The summed E-state index contributed by atoms with van der Waals surface area (Å²) in [5.74, 6) is 0. The van der Waals surface area contributed by atoms with Gasteiger partial charge in [0.25, 0.3) is 0 Å². The second kappa shape index (κ2) is 11.7. The van der Waals surface area contributed by atoms with Crippen molar-refractivity contribution >= 4 is 74.6 Å². The van der Waals surface area contributed by atoms with Gasteiger partial charge >= 0.3 is 0 Å². The lowest BCUT2D eigenvalue weighted by Gasteiger charge is -2.24. The van der Waals surface area contributed by atoms with Crippen molar-refractivity contribution in [2.24, 2.45) is 0 Å². The van der Waals surface area contributed by atoms with Crippen LogP contribution in [0.15, 0.2) is 182 Å². The zero-order valence-electron chi connectivity index (χ0n) is 31.2. The molecule has 0 aliphatic heterocycles. The Balaban J connectivity index is 1.09. The number of hydrogen-bond acceptors (Lipinski definition) is 1. The van der Waals surface area contributed by atoms with Gasteiger partial charge in [-0.25, -0.2) is 0 Å². The molecule has 1 heterocycles. The van der Waals surface area contributed by atoms with Gasteiger partial charge in [-0.05, 0) is 105 Å². The Morgan fingerprint density at radius 2 is 0.857 bits per heavy atom. The van der Waals surface area contributed by atoms with E-state index in [0.717, 1.165) is 0 Å². The Labute approximate surface area is 329 Å². The quantitative estimate of drug-likeness (QED) is 0.159. The van der Waals surface area contributed by atoms with Crippen LogP contribution in [0.5, 0.6) is 0 Å². The second-order valence-electron chi connectivity index (χ2n) is 15.9. The van der Waals surface area contributed by atoms with Crippen molar-refractivity contribution in [2.45, 2.75) is 19.3 Å². The van der Waals surface area contributed by atoms with E-state index in [1.165, 1.54) is 119 Å². The van der Waals surface area contributed by atoms with Crippen LogP contribution in [0.3, 0.4) is 0 Å². The molecule has 0 N–H and O–H groups in total. The van der Waals surface area contributed by atoms with Crippen molar-refractivity contribution < 1.29 is 0 Å².